The van der Waals surface area contributed by atoms with Crippen LogP contribution < -0.4 is 4.90 Å². The number of anilines is 1. The van der Waals surface area contributed by atoms with Crippen LogP contribution >= 0.6 is 0 Å². The second-order valence-electron chi connectivity index (χ2n) is 6.63. The predicted molar refractivity (Wildman–Crippen MR) is 97.8 cm³/mol. The van der Waals surface area contributed by atoms with Crippen LogP contribution in [0.25, 0.3) is 11.0 Å². The van der Waals surface area contributed by atoms with E-state index in [0.717, 1.165) is 23.0 Å². The number of aromatic nitrogens is 2. The van der Waals surface area contributed by atoms with Gasteiger partial charge >= 0.3 is 0 Å². The molecule has 4 rings (SSSR count). The summed E-state index contributed by atoms with van der Waals surface area (Å²) in [5.41, 5.74) is 3.70. The molecule has 25 heavy (non-hydrogen) atoms. The molecule has 0 spiro atoms. The van der Waals surface area contributed by atoms with Gasteiger partial charge in [0.1, 0.15) is 5.75 Å². The van der Waals surface area contributed by atoms with Gasteiger partial charge in [0.25, 0.3) is 0 Å². The van der Waals surface area contributed by atoms with Crippen molar-refractivity contribution in [2.24, 2.45) is 0 Å². The molecule has 1 aliphatic heterocycles. The second kappa shape index (κ2) is 6.24. The van der Waals surface area contributed by atoms with Crippen LogP contribution in [-0.2, 0) is 11.3 Å². The van der Waals surface area contributed by atoms with Gasteiger partial charge in [0.2, 0.25) is 5.91 Å². The first kappa shape index (κ1) is 15.7. The lowest BCUT2D eigenvalue weighted by Gasteiger charge is -2.33. The third kappa shape index (κ3) is 2.76. The summed E-state index contributed by atoms with van der Waals surface area (Å²) in [6, 6.07) is 13.4. The fourth-order valence-electron chi connectivity index (χ4n) is 3.62. The van der Waals surface area contributed by atoms with Crippen LogP contribution in [0.4, 0.5) is 5.69 Å². The Morgan fingerprint density at radius 1 is 1.24 bits per heavy atom. The van der Waals surface area contributed by atoms with Crippen molar-refractivity contribution in [1.82, 2.24) is 9.55 Å². The molecule has 2 aromatic carbocycles. The minimum absolute atomic E-state index is 0.0347. The highest BCUT2D eigenvalue weighted by Gasteiger charge is 2.28. The number of hydrogen-bond acceptors (Lipinski definition) is 3. The molecule has 128 valence electrons. The summed E-state index contributed by atoms with van der Waals surface area (Å²) in [6.45, 7) is 3.36. The molecule has 5 nitrogen and oxygen atoms in total. The summed E-state index contributed by atoms with van der Waals surface area (Å²) in [7, 11) is 0. The van der Waals surface area contributed by atoms with Gasteiger partial charge in [-0.1, -0.05) is 31.2 Å². The first-order valence-corrected chi connectivity index (χ1v) is 8.67. The Hall–Kier alpha value is -2.82. The van der Waals surface area contributed by atoms with E-state index in [1.54, 1.807) is 17.3 Å². The Bertz CT molecular complexity index is 932. The Labute approximate surface area is 146 Å². The lowest BCUT2D eigenvalue weighted by atomic mass is 9.91. The van der Waals surface area contributed by atoms with Gasteiger partial charge in [-0.3, -0.25) is 4.79 Å². The summed E-state index contributed by atoms with van der Waals surface area (Å²) in [6.07, 6.45) is 3.07. The standard InChI is InChI=1S/C20H21N3O2/c1-14-9-12-23(20-15(14)5-4-8-18(20)24)19(25)10-11-22-13-21-16-6-2-3-7-17(16)22/h2-8,13-14,24H,9-12H2,1H3. The molecular weight excluding hydrogens is 314 g/mol. The number of nitrogens with zero attached hydrogens (tertiary/aromatic N) is 3. The van der Waals surface area contributed by atoms with Gasteiger partial charge in [0, 0.05) is 19.5 Å². The summed E-state index contributed by atoms with van der Waals surface area (Å²) in [5.74, 6) is 0.571. The molecule has 3 aromatic rings. The van der Waals surface area contributed by atoms with Crippen molar-refractivity contribution in [3.8, 4) is 5.75 Å². The van der Waals surface area contributed by atoms with Crippen molar-refractivity contribution < 1.29 is 9.90 Å². The number of carbonyl (C=O) groups is 1. The van der Waals surface area contributed by atoms with Crippen LogP contribution in [-0.4, -0.2) is 27.1 Å². The quantitative estimate of drug-likeness (QED) is 0.794. The molecular formula is C20H21N3O2. The van der Waals surface area contributed by atoms with Crippen LogP contribution in [0, 0.1) is 0 Å². The van der Waals surface area contributed by atoms with Gasteiger partial charge in [0.15, 0.2) is 0 Å². The zero-order valence-electron chi connectivity index (χ0n) is 14.2. The first-order valence-electron chi connectivity index (χ1n) is 8.67. The SMILES string of the molecule is CC1CCN(C(=O)CCn2cnc3ccccc32)c2c(O)cccc21. The Balaban J connectivity index is 1.55. The maximum Gasteiger partial charge on any atom is 0.228 e. The van der Waals surface area contributed by atoms with E-state index in [2.05, 4.69) is 11.9 Å². The largest absolute Gasteiger partial charge is 0.506 e. The second-order valence-corrected chi connectivity index (χ2v) is 6.63. The number of rotatable bonds is 3. The fraction of sp³-hybridized carbons (Fsp3) is 0.300. The van der Waals surface area contributed by atoms with Crippen LogP contribution in [0.3, 0.4) is 0 Å². The van der Waals surface area contributed by atoms with Crippen LogP contribution in [0.2, 0.25) is 0 Å². The smallest absolute Gasteiger partial charge is 0.228 e. The minimum atomic E-state index is 0.0347. The van der Waals surface area contributed by atoms with Crippen molar-refractivity contribution in [3.63, 3.8) is 0 Å². The number of fused-ring (bicyclic) bond motifs is 2. The zero-order valence-corrected chi connectivity index (χ0v) is 14.2. The third-order valence-electron chi connectivity index (χ3n) is 5.03. The number of carbonyl (C=O) groups excluding carboxylic acids is 1. The summed E-state index contributed by atoms with van der Waals surface area (Å²) < 4.78 is 2.01. The van der Waals surface area contributed by atoms with Gasteiger partial charge < -0.3 is 14.6 Å². The molecule has 1 aliphatic rings. The van der Waals surface area contributed by atoms with Gasteiger partial charge in [0.05, 0.1) is 23.0 Å². The molecule has 0 saturated carbocycles. The molecule has 1 aromatic heterocycles. The van der Waals surface area contributed by atoms with E-state index in [1.807, 2.05) is 41.0 Å². The normalized spacial score (nSPS) is 16.8. The predicted octanol–water partition coefficient (Wildman–Crippen LogP) is 3.67. The number of benzene rings is 2. The minimum Gasteiger partial charge on any atom is -0.506 e. The van der Waals surface area contributed by atoms with E-state index in [4.69, 9.17) is 0 Å². The number of phenols is 1. The van der Waals surface area contributed by atoms with Gasteiger partial charge in [-0.15, -0.1) is 0 Å². The molecule has 1 amide bonds. The highest BCUT2D eigenvalue weighted by molar-refractivity contribution is 5.96. The molecule has 1 N–H and O–H groups in total. The van der Waals surface area contributed by atoms with E-state index in [9.17, 15) is 9.90 Å². The van der Waals surface area contributed by atoms with Gasteiger partial charge in [-0.25, -0.2) is 4.98 Å². The number of imidazole rings is 1. The summed E-state index contributed by atoms with van der Waals surface area (Å²) in [4.78, 5) is 18.9. The van der Waals surface area contributed by atoms with Gasteiger partial charge in [-0.05, 0) is 36.1 Å². The molecule has 0 saturated heterocycles. The van der Waals surface area contributed by atoms with Crippen molar-refractivity contribution in [3.05, 3.63) is 54.4 Å². The Kier molecular flexibility index (Phi) is 3.92. The fourth-order valence-corrected chi connectivity index (χ4v) is 3.62. The molecule has 0 fully saturated rings. The van der Waals surface area contributed by atoms with Crippen molar-refractivity contribution in [2.45, 2.75) is 32.2 Å². The maximum absolute atomic E-state index is 12.8. The number of amides is 1. The van der Waals surface area contributed by atoms with E-state index in [-0.39, 0.29) is 11.7 Å². The van der Waals surface area contributed by atoms with Crippen LogP contribution in [0.5, 0.6) is 5.75 Å². The molecule has 0 radical (unpaired) electrons. The third-order valence-corrected chi connectivity index (χ3v) is 5.03. The first-order chi connectivity index (χ1) is 12.1. The van der Waals surface area contributed by atoms with Gasteiger partial charge in [-0.2, -0.15) is 0 Å². The topological polar surface area (TPSA) is 58.4 Å². The average Bonchev–Trinajstić information content (AvgIpc) is 3.04. The monoisotopic (exact) mass is 335 g/mol. The highest BCUT2D eigenvalue weighted by Crippen LogP contribution is 2.41. The zero-order chi connectivity index (χ0) is 17.4. The number of aryl methyl sites for hydroxylation is 1. The highest BCUT2D eigenvalue weighted by atomic mass is 16.3. The lowest BCUT2D eigenvalue weighted by Crippen LogP contribution is -2.36. The summed E-state index contributed by atoms with van der Waals surface area (Å²) in [5, 5.41) is 10.3. The van der Waals surface area contributed by atoms with Crippen molar-refractivity contribution in [2.75, 3.05) is 11.4 Å². The van der Waals surface area contributed by atoms with E-state index in [0.29, 0.717) is 31.1 Å². The molecule has 2 heterocycles. The van der Waals surface area contributed by atoms with E-state index in [1.165, 1.54) is 0 Å². The van der Waals surface area contributed by atoms with Crippen LogP contribution in [0.1, 0.15) is 31.2 Å². The van der Waals surface area contributed by atoms with Crippen LogP contribution in [0.15, 0.2) is 48.8 Å². The molecule has 0 aliphatic carbocycles. The van der Waals surface area contributed by atoms with E-state index < -0.39 is 0 Å². The lowest BCUT2D eigenvalue weighted by molar-refractivity contribution is -0.118. The maximum atomic E-state index is 12.8. The average molecular weight is 335 g/mol. The van der Waals surface area contributed by atoms with Crippen molar-refractivity contribution >= 4 is 22.6 Å². The number of phenolic OH excluding ortho intramolecular Hbond substituents is 1. The van der Waals surface area contributed by atoms with Crippen molar-refractivity contribution in [1.29, 1.82) is 0 Å². The summed E-state index contributed by atoms with van der Waals surface area (Å²) >= 11 is 0. The Morgan fingerprint density at radius 3 is 2.96 bits per heavy atom. The molecule has 5 heteroatoms. The number of aromatic hydroxyl groups is 1. The molecule has 1 atom stereocenters. The van der Waals surface area contributed by atoms with E-state index >= 15 is 0 Å². The molecule has 0 bridgehead atoms. The molecule has 1 unspecified atom stereocenters. The number of para-hydroxylation sites is 3. The number of hydrogen-bond donors (Lipinski definition) is 1. The Morgan fingerprint density at radius 2 is 2.08 bits per heavy atom.